The molecule has 0 fully saturated rings. The second-order valence-electron chi connectivity index (χ2n) is 6.21. The lowest BCUT2D eigenvalue weighted by molar-refractivity contribution is -0.144. The van der Waals surface area contributed by atoms with Crippen molar-refractivity contribution in [3.8, 4) is 29.0 Å². The predicted octanol–water partition coefficient (Wildman–Crippen LogP) is 3.37. The maximum Gasteiger partial charge on any atom is 0.431 e. The number of benzene rings is 2. The van der Waals surface area contributed by atoms with Crippen molar-refractivity contribution in [1.82, 2.24) is 9.13 Å². The van der Waals surface area contributed by atoms with Crippen molar-refractivity contribution in [1.29, 1.82) is 5.26 Å². The van der Waals surface area contributed by atoms with E-state index < -0.39 is 34.6 Å². The Morgan fingerprint density at radius 1 is 1.03 bits per heavy atom. The summed E-state index contributed by atoms with van der Waals surface area (Å²) in [6, 6.07) is 9.80. The summed E-state index contributed by atoms with van der Waals surface area (Å²) >= 11 is 0. The molecule has 1 aromatic heterocycles. The second-order valence-corrected chi connectivity index (χ2v) is 6.21. The second kappa shape index (κ2) is 7.98. The Bertz CT molecular complexity index is 1320. The van der Waals surface area contributed by atoms with Crippen molar-refractivity contribution < 1.29 is 27.0 Å². The molecular formula is C20H13F4N3O4. The molecule has 3 rings (SSSR count). The highest BCUT2D eigenvalue weighted by molar-refractivity contribution is 5.54. The molecular weight excluding hydrogens is 422 g/mol. The molecule has 0 spiro atoms. The number of ether oxygens (including phenoxy) is 2. The van der Waals surface area contributed by atoms with Crippen molar-refractivity contribution in [3.63, 3.8) is 0 Å². The third-order valence-electron chi connectivity index (χ3n) is 4.31. The van der Waals surface area contributed by atoms with E-state index in [1.54, 1.807) is 24.3 Å². The monoisotopic (exact) mass is 435 g/mol. The lowest BCUT2D eigenvalue weighted by Crippen LogP contribution is -2.41. The Morgan fingerprint density at radius 3 is 2.26 bits per heavy atom. The van der Waals surface area contributed by atoms with Crippen molar-refractivity contribution in [2.45, 2.75) is 6.18 Å². The Kier molecular flexibility index (Phi) is 5.57. The predicted molar refractivity (Wildman–Crippen MR) is 100 cm³/mol. The van der Waals surface area contributed by atoms with E-state index in [2.05, 4.69) is 0 Å². The van der Waals surface area contributed by atoms with Gasteiger partial charge in [-0.3, -0.25) is 9.36 Å². The molecule has 3 aromatic rings. The number of halogens is 4. The molecule has 1 heterocycles. The minimum atomic E-state index is -4.96. The molecule has 0 saturated heterocycles. The maximum absolute atomic E-state index is 14.7. The van der Waals surface area contributed by atoms with E-state index in [0.717, 1.165) is 13.1 Å². The Morgan fingerprint density at radius 2 is 1.68 bits per heavy atom. The number of rotatable bonds is 4. The van der Waals surface area contributed by atoms with Crippen LogP contribution < -0.4 is 20.7 Å². The third-order valence-corrected chi connectivity index (χ3v) is 4.31. The van der Waals surface area contributed by atoms with E-state index in [1.807, 2.05) is 0 Å². The fraction of sp³-hybridized carbons (Fsp3) is 0.150. The first kappa shape index (κ1) is 21.6. The average Bonchev–Trinajstić information content (AvgIpc) is 2.72. The molecule has 31 heavy (non-hydrogen) atoms. The van der Waals surface area contributed by atoms with Crippen LogP contribution in [0.25, 0.3) is 5.69 Å². The summed E-state index contributed by atoms with van der Waals surface area (Å²) in [5, 5.41) is 9.30. The van der Waals surface area contributed by atoms with E-state index in [-0.39, 0.29) is 38.0 Å². The van der Waals surface area contributed by atoms with Gasteiger partial charge in [0.05, 0.1) is 18.4 Å². The fourth-order valence-electron chi connectivity index (χ4n) is 2.83. The molecule has 2 aromatic carbocycles. The smallest absolute Gasteiger partial charge is 0.431 e. The minimum Gasteiger partial charge on any atom is -0.493 e. The van der Waals surface area contributed by atoms with Gasteiger partial charge in [0.15, 0.2) is 11.5 Å². The lowest BCUT2D eigenvalue weighted by atomic mass is 10.1. The fourth-order valence-corrected chi connectivity index (χ4v) is 2.83. The van der Waals surface area contributed by atoms with Gasteiger partial charge in [-0.1, -0.05) is 12.1 Å². The van der Waals surface area contributed by atoms with Crippen LogP contribution in [0.15, 0.2) is 52.1 Å². The molecule has 160 valence electrons. The number of nitriles is 1. The molecule has 11 heteroatoms. The van der Waals surface area contributed by atoms with Crippen molar-refractivity contribution in [2.75, 3.05) is 7.11 Å². The van der Waals surface area contributed by atoms with E-state index >= 15 is 0 Å². The van der Waals surface area contributed by atoms with Crippen LogP contribution in [-0.4, -0.2) is 16.2 Å². The summed E-state index contributed by atoms with van der Waals surface area (Å²) in [4.78, 5) is 24.8. The third kappa shape index (κ3) is 4.00. The number of nitrogens with zero attached hydrogens (tertiary/aromatic N) is 3. The zero-order valence-electron chi connectivity index (χ0n) is 16.0. The van der Waals surface area contributed by atoms with E-state index in [1.165, 1.54) is 13.2 Å². The number of hydrogen-bond acceptors (Lipinski definition) is 5. The number of alkyl halides is 3. The van der Waals surface area contributed by atoms with Crippen LogP contribution >= 0.6 is 0 Å². The first-order valence-corrected chi connectivity index (χ1v) is 8.53. The van der Waals surface area contributed by atoms with Crippen LogP contribution in [0, 0.1) is 17.1 Å². The van der Waals surface area contributed by atoms with Gasteiger partial charge in [-0.25, -0.2) is 13.8 Å². The Labute approximate surface area is 171 Å². The summed E-state index contributed by atoms with van der Waals surface area (Å²) in [5.74, 6) is -0.994. The average molecular weight is 435 g/mol. The molecule has 0 saturated carbocycles. The zero-order chi connectivity index (χ0) is 22.9. The normalized spacial score (nSPS) is 11.1. The van der Waals surface area contributed by atoms with Gasteiger partial charge in [0, 0.05) is 19.2 Å². The number of para-hydroxylation sites is 2. The van der Waals surface area contributed by atoms with Crippen LogP contribution in [0.2, 0.25) is 0 Å². The first-order chi connectivity index (χ1) is 14.6. The molecule has 0 bridgehead atoms. The standard InChI is InChI=1S/C20H13F4N3O4/c1-26-17(20(22,23)24)9-18(28)27(19(26)29)13-8-16(11(10-25)7-12(13)21)31-15-6-4-3-5-14(15)30-2/h3-9H,1-2H3. The van der Waals surface area contributed by atoms with Gasteiger partial charge >= 0.3 is 11.9 Å². The molecule has 0 aliphatic heterocycles. The number of methoxy groups -OCH3 is 1. The summed E-state index contributed by atoms with van der Waals surface area (Å²) < 4.78 is 64.9. The summed E-state index contributed by atoms with van der Waals surface area (Å²) in [6.07, 6.45) is -4.96. The SMILES string of the molecule is COc1ccccc1Oc1cc(-n2c(=O)cc(C(F)(F)F)n(C)c2=O)c(F)cc1C#N. The van der Waals surface area contributed by atoms with Gasteiger partial charge in [0.2, 0.25) is 0 Å². The summed E-state index contributed by atoms with van der Waals surface area (Å²) in [7, 11) is 2.17. The zero-order valence-corrected chi connectivity index (χ0v) is 16.0. The van der Waals surface area contributed by atoms with Crippen molar-refractivity contribution in [3.05, 3.63) is 80.4 Å². The molecule has 0 aliphatic rings. The highest BCUT2D eigenvalue weighted by Gasteiger charge is 2.35. The summed E-state index contributed by atoms with van der Waals surface area (Å²) in [6.45, 7) is 0. The Hall–Kier alpha value is -4.07. The quantitative estimate of drug-likeness (QED) is 0.587. The summed E-state index contributed by atoms with van der Waals surface area (Å²) in [5.41, 5.74) is -5.26. The lowest BCUT2D eigenvalue weighted by Gasteiger charge is -2.16. The number of hydrogen-bond donors (Lipinski definition) is 0. The van der Waals surface area contributed by atoms with Crippen LogP contribution in [0.3, 0.4) is 0 Å². The molecule has 0 atom stereocenters. The highest BCUT2D eigenvalue weighted by Crippen LogP contribution is 2.34. The van der Waals surface area contributed by atoms with Gasteiger partial charge in [-0.2, -0.15) is 18.4 Å². The first-order valence-electron chi connectivity index (χ1n) is 8.53. The largest absolute Gasteiger partial charge is 0.493 e. The van der Waals surface area contributed by atoms with E-state index in [4.69, 9.17) is 9.47 Å². The number of aromatic nitrogens is 2. The van der Waals surface area contributed by atoms with Crippen LogP contribution in [-0.2, 0) is 13.2 Å². The van der Waals surface area contributed by atoms with Crippen molar-refractivity contribution in [2.24, 2.45) is 7.05 Å². The van der Waals surface area contributed by atoms with Gasteiger partial charge < -0.3 is 9.47 Å². The minimum absolute atomic E-state index is 0.145. The molecule has 0 radical (unpaired) electrons. The topological polar surface area (TPSA) is 86.2 Å². The molecule has 0 aliphatic carbocycles. The molecule has 0 amide bonds. The van der Waals surface area contributed by atoms with E-state index in [9.17, 15) is 32.4 Å². The van der Waals surface area contributed by atoms with Gasteiger partial charge in [0.1, 0.15) is 23.3 Å². The van der Waals surface area contributed by atoms with E-state index in [0.29, 0.717) is 6.07 Å². The molecule has 0 unspecified atom stereocenters. The van der Waals surface area contributed by atoms with Crippen LogP contribution in [0.5, 0.6) is 17.2 Å². The van der Waals surface area contributed by atoms with Crippen LogP contribution in [0.4, 0.5) is 17.6 Å². The maximum atomic E-state index is 14.7. The van der Waals surface area contributed by atoms with Gasteiger partial charge in [0.25, 0.3) is 5.56 Å². The molecule has 7 nitrogen and oxygen atoms in total. The Balaban J connectivity index is 2.24. The highest BCUT2D eigenvalue weighted by atomic mass is 19.4. The van der Waals surface area contributed by atoms with Crippen LogP contribution in [0.1, 0.15) is 11.3 Å². The molecule has 0 N–H and O–H groups in total. The van der Waals surface area contributed by atoms with Gasteiger partial charge in [-0.15, -0.1) is 0 Å². The van der Waals surface area contributed by atoms with Gasteiger partial charge in [-0.05, 0) is 18.2 Å². The van der Waals surface area contributed by atoms with Crippen molar-refractivity contribution >= 4 is 0 Å².